The first-order chi connectivity index (χ1) is 12.4. The van der Waals surface area contributed by atoms with Crippen molar-refractivity contribution >= 4 is 22.5 Å². The molecule has 0 bridgehead atoms. The lowest BCUT2D eigenvalue weighted by Crippen LogP contribution is -2.11. The zero-order chi connectivity index (χ0) is 19.1. The first kappa shape index (κ1) is 20.1. The number of halogens is 2. The molecule has 0 heterocycles. The van der Waals surface area contributed by atoms with Gasteiger partial charge in [0.05, 0.1) is 11.8 Å². The van der Waals surface area contributed by atoms with E-state index in [0.29, 0.717) is 28.6 Å². The maximum Gasteiger partial charge on any atom is 0.123 e. The van der Waals surface area contributed by atoms with Crippen LogP contribution < -0.4 is 10.6 Å². The highest BCUT2D eigenvalue weighted by atomic mass is 35.5. The molecule has 0 amide bonds. The van der Waals surface area contributed by atoms with Crippen LogP contribution in [0.4, 0.5) is 10.1 Å². The van der Waals surface area contributed by atoms with Gasteiger partial charge in [0, 0.05) is 36.1 Å². The number of aliphatic hydroxyl groups excluding tert-OH is 1. The Labute approximate surface area is 157 Å². The van der Waals surface area contributed by atoms with Gasteiger partial charge in [-0.1, -0.05) is 11.6 Å². The summed E-state index contributed by atoms with van der Waals surface area (Å²) in [6.07, 6.45) is 4.87. The molecule has 1 atom stereocenters. The van der Waals surface area contributed by atoms with Crippen molar-refractivity contribution in [3.63, 3.8) is 0 Å². The molecular weight excluding hydrogens is 357 g/mol. The molecule has 6 nitrogen and oxygen atoms in total. The van der Waals surface area contributed by atoms with Crippen LogP contribution in [0.25, 0.3) is 0 Å². The largest absolute Gasteiger partial charge is 0.389 e. The number of anilines is 1. The highest BCUT2D eigenvalue weighted by Crippen LogP contribution is 2.28. The van der Waals surface area contributed by atoms with Crippen molar-refractivity contribution in [1.82, 2.24) is 5.32 Å². The molecule has 1 aliphatic carbocycles. The summed E-state index contributed by atoms with van der Waals surface area (Å²) in [6.45, 7) is 2.39. The number of allylic oxidation sites excluding steroid dienone is 1. The van der Waals surface area contributed by atoms with Gasteiger partial charge in [0.2, 0.25) is 0 Å². The third-order valence-electron chi connectivity index (χ3n) is 3.95. The lowest BCUT2D eigenvalue weighted by molar-refractivity contribution is 0.199. The van der Waals surface area contributed by atoms with Gasteiger partial charge in [-0.2, -0.15) is 5.11 Å². The number of rotatable bonds is 10. The second-order valence-corrected chi connectivity index (χ2v) is 6.73. The molecule has 1 aliphatic rings. The highest BCUT2D eigenvalue weighted by Gasteiger charge is 2.20. The lowest BCUT2D eigenvalue weighted by atomic mass is 10.1. The Morgan fingerprint density at radius 2 is 2.23 bits per heavy atom. The Kier molecular flexibility index (Phi) is 7.29. The van der Waals surface area contributed by atoms with Crippen LogP contribution >= 0.6 is 11.6 Å². The summed E-state index contributed by atoms with van der Waals surface area (Å²) in [5, 5.41) is 26.9. The van der Waals surface area contributed by atoms with E-state index in [1.807, 2.05) is 0 Å². The van der Waals surface area contributed by atoms with Crippen LogP contribution in [0, 0.1) is 22.7 Å². The fourth-order valence-corrected chi connectivity index (χ4v) is 2.57. The van der Waals surface area contributed by atoms with E-state index in [9.17, 15) is 9.50 Å². The first-order valence-corrected chi connectivity index (χ1v) is 8.76. The van der Waals surface area contributed by atoms with Gasteiger partial charge in [0.25, 0.3) is 0 Å². The highest BCUT2D eigenvalue weighted by molar-refractivity contribution is 6.67. The standard InChI is InChI=1S/C18H23ClFN5O/c1-11(26)16-6-13(20)4-5-17(16)24-14(8-18(19)21)7-15(25-22)10-23-9-12-2-3-12/h4-6,8,10-12,21-24,26H,2-3,7,9H2,1H3/b14-8-,15-10-,21-18?,25-22?/t11-/m1/s1. The summed E-state index contributed by atoms with van der Waals surface area (Å²) >= 11 is 5.69. The Morgan fingerprint density at radius 3 is 2.81 bits per heavy atom. The zero-order valence-corrected chi connectivity index (χ0v) is 15.3. The monoisotopic (exact) mass is 379 g/mol. The van der Waals surface area contributed by atoms with Crippen LogP contribution in [-0.4, -0.2) is 16.8 Å². The summed E-state index contributed by atoms with van der Waals surface area (Å²) in [7, 11) is 0. The normalized spacial score (nSPS) is 16.2. The molecule has 0 spiro atoms. The fraction of sp³-hybridized carbons (Fsp3) is 0.389. The number of aliphatic hydroxyl groups is 1. The first-order valence-electron chi connectivity index (χ1n) is 8.38. The minimum atomic E-state index is -0.874. The van der Waals surface area contributed by atoms with Gasteiger partial charge in [0.15, 0.2) is 0 Å². The third kappa shape index (κ3) is 6.57. The van der Waals surface area contributed by atoms with Crippen LogP contribution in [0.2, 0.25) is 0 Å². The van der Waals surface area contributed by atoms with E-state index in [2.05, 4.69) is 15.7 Å². The van der Waals surface area contributed by atoms with Crippen LogP contribution in [0.3, 0.4) is 0 Å². The predicted octanol–water partition coefficient (Wildman–Crippen LogP) is 4.65. The number of hydrogen-bond acceptors (Lipinski definition) is 6. The summed E-state index contributed by atoms with van der Waals surface area (Å²) in [5.74, 6) is 0.239. The molecule has 0 aromatic heterocycles. The van der Waals surface area contributed by atoms with E-state index in [1.54, 1.807) is 13.1 Å². The summed E-state index contributed by atoms with van der Waals surface area (Å²) in [4.78, 5) is 0. The lowest BCUT2D eigenvalue weighted by Gasteiger charge is -2.17. The van der Waals surface area contributed by atoms with Crippen LogP contribution in [-0.2, 0) is 0 Å². The molecule has 1 fully saturated rings. The SMILES string of the molecule is C[C@@H](O)c1cc(F)ccc1N/C(=C\C(=N)Cl)C/C(=C/NCC1CC1)N=N. The maximum absolute atomic E-state index is 13.5. The molecule has 1 saturated carbocycles. The average Bonchev–Trinajstić information content (AvgIpc) is 3.39. The van der Waals surface area contributed by atoms with Gasteiger partial charge in [-0.25, -0.2) is 9.92 Å². The maximum atomic E-state index is 13.5. The van der Waals surface area contributed by atoms with Gasteiger partial charge in [-0.15, -0.1) is 0 Å². The van der Waals surface area contributed by atoms with Crippen LogP contribution in [0.1, 0.15) is 37.9 Å². The van der Waals surface area contributed by atoms with E-state index in [0.717, 1.165) is 6.54 Å². The van der Waals surface area contributed by atoms with Crippen LogP contribution in [0.15, 0.2) is 47.0 Å². The van der Waals surface area contributed by atoms with E-state index in [1.165, 1.54) is 37.1 Å². The summed E-state index contributed by atoms with van der Waals surface area (Å²) in [6, 6.07) is 4.04. The molecule has 1 aromatic rings. The second kappa shape index (κ2) is 9.45. The Bertz CT molecular complexity index is 728. The molecule has 0 unspecified atom stereocenters. The van der Waals surface area contributed by atoms with E-state index in [-0.39, 0.29) is 11.6 Å². The van der Waals surface area contributed by atoms with Crippen molar-refractivity contribution in [2.45, 2.75) is 32.3 Å². The second-order valence-electron chi connectivity index (χ2n) is 6.33. The van der Waals surface area contributed by atoms with E-state index in [4.69, 9.17) is 22.5 Å². The van der Waals surface area contributed by atoms with Gasteiger partial charge in [-0.3, -0.25) is 5.41 Å². The van der Waals surface area contributed by atoms with Crippen molar-refractivity contribution in [2.24, 2.45) is 11.0 Å². The number of nitrogens with zero attached hydrogens (tertiary/aromatic N) is 1. The van der Waals surface area contributed by atoms with Gasteiger partial charge < -0.3 is 15.7 Å². The third-order valence-corrected chi connectivity index (χ3v) is 4.06. The quantitative estimate of drug-likeness (QED) is 0.302. The number of benzene rings is 1. The Morgan fingerprint density at radius 1 is 1.50 bits per heavy atom. The van der Waals surface area contributed by atoms with Gasteiger partial charge >= 0.3 is 0 Å². The number of hydrogen-bond donors (Lipinski definition) is 5. The minimum absolute atomic E-state index is 0.191. The van der Waals surface area contributed by atoms with Crippen molar-refractivity contribution in [3.05, 3.63) is 53.2 Å². The number of nitrogens with one attached hydrogen (secondary N) is 4. The minimum Gasteiger partial charge on any atom is -0.389 e. The summed E-state index contributed by atoms with van der Waals surface area (Å²) < 4.78 is 13.5. The Hall–Kier alpha value is -2.25. The molecule has 5 N–H and O–H groups in total. The molecule has 140 valence electrons. The predicted molar refractivity (Wildman–Crippen MR) is 101 cm³/mol. The fourth-order valence-electron chi connectivity index (χ4n) is 2.43. The van der Waals surface area contributed by atoms with E-state index < -0.39 is 11.9 Å². The molecule has 0 aliphatic heterocycles. The topological polar surface area (TPSA) is 104 Å². The van der Waals surface area contributed by atoms with Crippen molar-refractivity contribution in [1.29, 1.82) is 10.9 Å². The summed E-state index contributed by atoms with van der Waals surface area (Å²) in [5.41, 5.74) is 9.20. The average molecular weight is 380 g/mol. The molecule has 0 radical (unpaired) electrons. The molecular formula is C18H23ClFN5O. The van der Waals surface area contributed by atoms with Crippen molar-refractivity contribution < 1.29 is 9.50 Å². The van der Waals surface area contributed by atoms with Crippen molar-refractivity contribution in [2.75, 3.05) is 11.9 Å². The van der Waals surface area contributed by atoms with Gasteiger partial charge in [-0.05, 0) is 50.0 Å². The Balaban J connectivity index is 2.16. The van der Waals surface area contributed by atoms with E-state index >= 15 is 0 Å². The molecule has 2 rings (SSSR count). The smallest absolute Gasteiger partial charge is 0.123 e. The molecule has 26 heavy (non-hydrogen) atoms. The molecule has 0 saturated heterocycles. The molecule has 8 heteroatoms. The van der Waals surface area contributed by atoms with Crippen molar-refractivity contribution in [3.8, 4) is 0 Å². The molecule has 1 aromatic carbocycles. The zero-order valence-electron chi connectivity index (χ0n) is 14.5. The van der Waals surface area contributed by atoms with Crippen LogP contribution in [0.5, 0.6) is 0 Å². The van der Waals surface area contributed by atoms with Gasteiger partial charge in [0.1, 0.15) is 11.0 Å².